The predicted octanol–water partition coefficient (Wildman–Crippen LogP) is 3.27. The first-order valence-electron chi connectivity index (χ1n) is 11.0. The van der Waals surface area contributed by atoms with Crippen molar-refractivity contribution in [3.05, 3.63) is 64.6 Å². The molecule has 1 aliphatic carbocycles. The van der Waals surface area contributed by atoms with Crippen LogP contribution < -0.4 is 16.0 Å². The number of allylic oxidation sites excluding steroid dienone is 3. The average molecular weight is 521 g/mol. The second-order valence-corrected chi connectivity index (χ2v) is 10.3. The largest absolute Gasteiger partial charge is 0.384 e. The molecule has 3 aromatic heterocycles. The second kappa shape index (κ2) is 9.92. The molecule has 0 saturated carbocycles. The zero-order valence-electron chi connectivity index (χ0n) is 19.1. The highest BCUT2D eigenvalue weighted by Gasteiger charge is 2.41. The summed E-state index contributed by atoms with van der Waals surface area (Å²) in [5.74, 6) is 0.378. The Kier molecular flexibility index (Phi) is 6.53. The Hall–Kier alpha value is -4.02. The maximum Gasteiger partial charge on any atom is 0.236 e. The number of nitrogens with one attached hydrogen (secondary N) is 1. The third kappa shape index (κ3) is 4.48. The molecular formula is C23H20N8O3S2. The van der Waals surface area contributed by atoms with Crippen LogP contribution in [0.15, 0.2) is 62.1 Å². The molecule has 2 aliphatic rings. The number of aromatic nitrogens is 4. The molecule has 13 heteroatoms. The minimum absolute atomic E-state index is 0.0192. The number of nitrogens with zero attached hydrogens (tertiary/aromatic N) is 6. The highest BCUT2D eigenvalue weighted by molar-refractivity contribution is 8.01. The smallest absolute Gasteiger partial charge is 0.236 e. The fourth-order valence-corrected chi connectivity index (χ4v) is 5.95. The van der Waals surface area contributed by atoms with Gasteiger partial charge in [-0.25, -0.2) is 0 Å². The molecule has 182 valence electrons. The number of nitriles is 1. The normalized spacial score (nSPS) is 17.7. The number of thioether (sulfide) groups is 1. The highest BCUT2D eigenvalue weighted by Crippen LogP contribution is 2.46. The monoisotopic (exact) mass is 520 g/mol. The molecule has 1 unspecified atom stereocenters. The molecule has 3 N–H and O–H groups in total. The van der Waals surface area contributed by atoms with E-state index in [1.165, 1.54) is 23.1 Å². The van der Waals surface area contributed by atoms with E-state index in [0.29, 0.717) is 45.9 Å². The molecule has 0 bridgehead atoms. The minimum atomic E-state index is -0.576. The third-order valence-corrected chi connectivity index (χ3v) is 7.78. The molecule has 36 heavy (non-hydrogen) atoms. The van der Waals surface area contributed by atoms with E-state index in [1.807, 2.05) is 6.07 Å². The Morgan fingerprint density at radius 3 is 3.00 bits per heavy atom. The molecule has 0 saturated heterocycles. The van der Waals surface area contributed by atoms with Gasteiger partial charge in [0.25, 0.3) is 0 Å². The van der Waals surface area contributed by atoms with Crippen LogP contribution in [0.1, 0.15) is 36.5 Å². The number of ketones is 1. The van der Waals surface area contributed by atoms with Crippen LogP contribution in [0.4, 0.5) is 10.9 Å². The van der Waals surface area contributed by atoms with Crippen molar-refractivity contribution >= 4 is 45.7 Å². The van der Waals surface area contributed by atoms with Crippen LogP contribution in [0, 0.1) is 18.3 Å². The van der Waals surface area contributed by atoms with Gasteiger partial charge in [0.05, 0.1) is 23.3 Å². The van der Waals surface area contributed by atoms with Gasteiger partial charge in [0.1, 0.15) is 11.6 Å². The van der Waals surface area contributed by atoms with Gasteiger partial charge < -0.3 is 15.6 Å². The lowest BCUT2D eigenvalue weighted by atomic mass is 9.76. The molecule has 3 aromatic rings. The number of hydrogen-bond donors (Lipinski definition) is 2. The molecule has 0 fully saturated rings. The van der Waals surface area contributed by atoms with Crippen molar-refractivity contribution in [2.45, 2.75) is 36.4 Å². The second-order valence-electron chi connectivity index (χ2n) is 8.11. The number of aryl methyl sites for hydroxylation is 1. The van der Waals surface area contributed by atoms with Gasteiger partial charge in [-0.05, 0) is 31.4 Å². The van der Waals surface area contributed by atoms with Crippen LogP contribution in [-0.2, 0) is 9.59 Å². The molecule has 4 heterocycles. The van der Waals surface area contributed by atoms with Crippen LogP contribution in [0.25, 0.3) is 0 Å². The van der Waals surface area contributed by atoms with Gasteiger partial charge in [-0.15, -0.1) is 10.2 Å². The first-order chi connectivity index (χ1) is 17.5. The number of carbonyl (C=O) groups is 2. The van der Waals surface area contributed by atoms with Crippen molar-refractivity contribution in [3.8, 4) is 6.07 Å². The van der Waals surface area contributed by atoms with Crippen molar-refractivity contribution in [1.82, 2.24) is 20.3 Å². The molecule has 0 radical (unpaired) electrons. The maximum absolute atomic E-state index is 13.1. The summed E-state index contributed by atoms with van der Waals surface area (Å²) < 4.78 is 5.49. The van der Waals surface area contributed by atoms with Gasteiger partial charge in [0.15, 0.2) is 15.9 Å². The SMILES string of the molecule is Cc1cc(NC(=O)CSc2nnc(N3C(N)=C(C#N)C(c4cccnc4)C4=C3CCCC4=O)s2)no1. The number of amides is 1. The van der Waals surface area contributed by atoms with Gasteiger partial charge in [0, 0.05) is 36.2 Å². The quantitative estimate of drug-likeness (QED) is 0.458. The van der Waals surface area contributed by atoms with Crippen LogP contribution in [-0.4, -0.2) is 37.8 Å². The predicted molar refractivity (Wildman–Crippen MR) is 133 cm³/mol. The lowest BCUT2D eigenvalue weighted by Crippen LogP contribution is -2.38. The van der Waals surface area contributed by atoms with E-state index in [1.54, 1.807) is 36.4 Å². The van der Waals surface area contributed by atoms with Crippen molar-refractivity contribution in [2.24, 2.45) is 5.73 Å². The Labute approximate surface area is 214 Å². The fourth-order valence-electron chi connectivity index (χ4n) is 4.27. The van der Waals surface area contributed by atoms with Crippen LogP contribution in [0.2, 0.25) is 0 Å². The molecule has 1 atom stereocenters. The lowest BCUT2D eigenvalue weighted by Gasteiger charge is -2.37. The minimum Gasteiger partial charge on any atom is -0.384 e. The van der Waals surface area contributed by atoms with Gasteiger partial charge >= 0.3 is 0 Å². The third-order valence-electron chi connectivity index (χ3n) is 5.74. The molecule has 11 nitrogen and oxygen atoms in total. The van der Waals surface area contributed by atoms with Crippen LogP contribution in [0.3, 0.4) is 0 Å². The van der Waals surface area contributed by atoms with Gasteiger partial charge in [-0.1, -0.05) is 34.3 Å². The van der Waals surface area contributed by atoms with Crippen LogP contribution in [0.5, 0.6) is 0 Å². The summed E-state index contributed by atoms with van der Waals surface area (Å²) in [4.78, 5) is 31.2. The Balaban J connectivity index is 1.42. The number of nitrogens with two attached hydrogens (primary N) is 1. The summed E-state index contributed by atoms with van der Waals surface area (Å²) in [5.41, 5.74) is 8.81. The standard InChI is InChI=1S/C23H20N8O3S2/c1-12-8-17(30-34-12)27-18(33)11-35-23-29-28-22(36-23)31-15-5-2-6-16(32)20(15)19(14(9-24)21(31)25)13-4-3-7-26-10-13/h3-4,7-8,10,19H,2,5-6,11,25H2,1H3,(H,27,30,33). The van der Waals surface area contributed by atoms with Gasteiger partial charge in [-0.3, -0.25) is 19.5 Å². The zero-order chi connectivity index (χ0) is 25.2. The van der Waals surface area contributed by atoms with E-state index in [-0.39, 0.29) is 28.8 Å². The number of anilines is 2. The average Bonchev–Trinajstić information content (AvgIpc) is 3.51. The molecule has 0 spiro atoms. The summed E-state index contributed by atoms with van der Waals surface area (Å²) in [6.07, 6.45) is 4.98. The number of hydrogen-bond acceptors (Lipinski definition) is 12. The van der Waals surface area contributed by atoms with Gasteiger partial charge in [0.2, 0.25) is 11.0 Å². The maximum atomic E-state index is 13.1. The first-order valence-corrected chi connectivity index (χ1v) is 12.8. The summed E-state index contributed by atoms with van der Waals surface area (Å²) in [6, 6.07) is 7.45. The van der Waals surface area contributed by atoms with Crippen molar-refractivity contribution in [1.29, 1.82) is 5.26 Å². The first kappa shape index (κ1) is 23.7. The Morgan fingerprint density at radius 1 is 1.42 bits per heavy atom. The Morgan fingerprint density at radius 2 is 2.28 bits per heavy atom. The lowest BCUT2D eigenvalue weighted by molar-refractivity contribution is -0.116. The van der Waals surface area contributed by atoms with Crippen LogP contribution >= 0.6 is 23.1 Å². The summed E-state index contributed by atoms with van der Waals surface area (Å²) >= 11 is 2.44. The van der Waals surface area contributed by atoms with E-state index < -0.39 is 5.92 Å². The van der Waals surface area contributed by atoms with Crippen molar-refractivity contribution < 1.29 is 14.1 Å². The number of carbonyl (C=O) groups excluding carboxylic acids is 2. The van der Waals surface area contributed by atoms with Crippen molar-refractivity contribution in [2.75, 3.05) is 16.0 Å². The van der Waals surface area contributed by atoms with E-state index in [4.69, 9.17) is 10.3 Å². The topological polar surface area (TPSA) is 164 Å². The summed E-state index contributed by atoms with van der Waals surface area (Å²) in [6.45, 7) is 1.73. The summed E-state index contributed by atoms with van der Waals surface area (Å²) in [7, 11) is 0. The highest BCUT2D eigenvalue weighted by atomic mass is 32.2. The number of Topliss-reactive ketones (excluding diaryl/α,β-unsaturated/α-hetero) is 1. The molecular weight excluding hydrogens is 500 g/mol. The van der Waals surface area contributed by atoms with Crippen molar-refractivity contribution in [3.63, 3.8) is 0 Å². The number of pyridine rings is 1. The molecule has 5 rings (SSSR count). The van der Waals surface area contributed by atoms with E-state index in [9.17, 15) is 14.9 Å². The molecule has 1 amide bonds. The fraction of sp³-hybridized carbons (Fsp3) is 0.261. The number of rotatable bonds is 6. The Bertz CT molecular complexity index is 1440. The zero-order valence-corrected chi connectivity index (χ0v) is 20.7. The molecule has 0 aromatic carbocycles. The molecule has 1 aliphatic heterocycles. The van der Waals surface area contributed by atoms with E-state index in [0.717, 1.165) is 11.3 Å². The van der Waals surface area contributed by atoms with E-state index in [2.05, 4.69) is 31.7 Å². The summed E-state index contributed by atoms with van der Waals surface area (Å²) in [5, 5.41) is 25.3. The van der Waals surface area contributed by atoms with E-state index >= 15 is 0 Å². The van der Waals surface area contributed by atoms with Gasteiger partial charge in [-0.2, -0.15) is 5.26 Å².